The third kappa shape index (κ3) is 2.54. The van der Waals surface area contributed by atoms with Crippen LogP contribution < -0.4 is 16.7 Å². The van der Waals surface area contributed by atoms with E-state index in [-0.39, 0.29) is 0 Å². The molecule has 0 saturated heterocycles. The van der Waals surface area contributed by atoms with Crippen LogP contribution in [0.5, 0.6) is 0 Å². The number of nitrogens with zero attached hydrogens (tertiary/aromatic N) is 1. The van der Waals surface area contributed by atoms with Gasteiger partial charge in [-0.1, -0.05) is 12.1 Å². The molecule has 1 aromatic heterocycles. The Hall–Kier alpha value is -2.21. The van der Waals surface area contributed by atoms with Crippen LogP contribution in [0.4, 0.5) is 10.1 Å². The van der Waals surface area contributed by atoms with Crippen molar-refractivity contribution in [2.24, 2.45) is 5.73 Å². The SMILES string of the molecule is NCCNc1cnc(=O)[nH]c1-c1ccccc1F. The van der Waals surface area contributed by atoms with E-state index in [0.29, 0.717) is 30.0 Å². The van der Waals surface area contributed by atoms with Gasteiger partial charge in [0.1, 0.15) is 5.82 Å². The fourth-order valence-corrected chi connectivity index (χ4v) is 1.61. The molecule has 0 saturated carbocycles. The molecule has 0 atom stereocenters. The van der Waals surface area contributed by atoms with Crippen molar-refractivity contribution in [3.05, 3.63) is 46.8 Å². The van der Waals surface area contributed by atoms with Crippen molar-refractivity contribution in [1.82, 2.24) is 9.97 Å². The zero-order chi connectivity index (χ0) is 13.0. The average molecular weight is 248 g/mol. The van der Waals surface area contributed by atoms with Gasteiger partial charge in [0.15, 0.2) is 0 Å². The Bertz CT molecular complexity index is 597. The summed E-state index contributed by atoms with van der Waals surface area (Å²) in [6.07, 6.45) is 1.37. The molecule has 94 valence electrons. The Morgan fingerprint density at radius 2 is 2.17 bits per heavy atom. The summed E-state index contributed by atoms with van der Waals surface area (Å²) in [5, 5.41) is 2.99. The number of nitrogens with two attached hydrogens (primary N) is 1. The second kappa shape index (κ2) is 5.42. The fraction of sp³-hybridized carbons (Fsp3) is 0.167. The van der Waals surface area contributed by atoms with E-state index >= 15 is 0 Å². The van der Waals surface area contributed by atoms with Crippen LogP contribution in [0.2, 0.25) is 0 Å². The molecule has 0 radical (unpaired) electrons. The Kier molecular flexibility index (Phi) is 3.69. The first kappa shape index (κ1) is 12.3. The smallest absolute Gasteiger partial charge is 0.345 e. The third-order valence-corrected chi connectivity index (χ3v) is 2.42. The molecule has 0 aliphatic rings. The first-order chi connectivity index (χ1) is 8.72. The number of H-pyrrole nitrogens is 1. The maximum absolute atomic E-state index is 13.7. The van der Waals surface area contributed by atoms with E-state index in [1.165, 1.54) is 12.3 Å². The van der Waals surface area contributed by atoms with Gasteiger partial charge in [-0.3, -0.25) is 0 Å². The summed E-state index contributed by atoms with van der Waals surface area (Å²) in [5.41, 5.74) is 6.11. The minimum Gasteiger partial charge on any atom is -0.381 e. The van der Waals surface area contributed by atoms with Crippen molar-refractivity contribution >= 4 is 5.69 Å². The summed E-state index contributed by atoms with van der Waals surface area (Å²) in [5.74, 6) is -0.407. The summed E-state index contributed by atoms with van der Waals surface area (Å²) >= 11 is 0. The lowest BCUT2D eigenvalue weighted by molar-refractivity contribution is 0.630. The van der Waals surface area contributed by atoms with Gasteiger partial charge in [-0.25, -0.2) is 9.18 Å². The van der Waals surface area contributed by atoms with Crippen molar-refractivity contribution in [2.75, 3.05) is 18.4 Å². The summed E-state index contributed by atoms with van der Waals surface area (Å²) in [7, 11) is 0. The predicted molar refractivity (Wildman–Crippen MR) is 67.8 cm³/mol. The quantitative estimate of drug-likeness (QED) is 0.752. The van der Waals surface area contributed by atoms with Crippen LogP contribution >= 0.6 is 0 Å². The minimum atomic E-state index is -0.522. The number of aromatic nitrogens is 2. The molecular formula is C12H13FN4O. The highest BCUT2D eigenvalue weighted by molar-refractivity contribution is 5.73. The molecule has 0 unspecified atom stereocenters. The van der Waals surface area contributed by atoms with Crippen LogP contribution in [0.25, 0.3) is 11.3 Å². The molecule has 0 spiro atoms. The van der Waals surface area contributed by atoms with E-state index in [1.54, 1.807) is 18.2 Å². The summed E-state index contributed by atoms with van der Waals surface area (Å²) in [6.45, 7) is 0.936. The second-order valence-corrected chi connectivity index (χ2v) is 3.67. The Balaban J connectivity index is 2.51. The number of halogens is 1. The number of nitrogens with one attached hydrogen (secondary N) is 2. The molecule has 0 amide bonds. The maximum Gasteiger partial charge on any atom is 0.345 e. The van der Waals surface area contributed by atoms with E-state index < -0.39 is 11.5 Å². The molecular weight excluding hydrogens is 235 g/mol. The maximum atomic E-state index is 13.7. The zero-order valence-corrected chi connectivity index (χ0v) is 9.61. The van der Waals surface area contributed by atoms with E-state index in [4.69, 9.17) is 5.73 Å². The lowest BCUT2D eigenvalue weighted by atomic mass is 10.1. The molecule has 0 fully saturated rings. The second-order valence-electron chi connectivity index (χ2n) is 3.67. The molecule has 0 bridgehead atoms. The number of benzene rings is 1. The predicted octanol–water partition coefficient (Wildman–Crippen LogP) is 0.947. The van der Waals surface area contributed by atoms with Crippen molar-refractivity contribution in [3.8, 4) is 11.3 Å². The van der Waals surface area contributed by atoms with Crippen molar-refractivity contribution in [3.63, 3.8) is 0 Å². The molecule has 0 aliphatic carbocycles. The highest BCUT2D eigenvalue weighted by atomic mass is 19.1. The van der Waals surface area contributed by atoms with Gasteiger partial charge < -0.3 is 16.0 Å². The lowest BCUT2D eigenvalue weighted by Crippen LogP contribution is -2.17. The van der Waals surface area contributed by atoms with Gasteiger partial charge in [-0.05, 0) is 12.1 Å². The molecule has 2 rings (SSSR count). The van der Waals surface area contributed by atoms with Gasteiger partial charge in [0.05, 0.1) is 17.6 Å². The van der Waals surface area contributed by atoms with Crippen LogP contribution in [-0.2, 0) is 0 Å². The first-order valence-electron chi connectivity index (χ1n) is 5.50. The minimum absolute atomic E-state index is 0.316. The van der Waals surface area contributed by atoms with Crippen LogP contribution in [0.3, 0.4) is 0 Å². The number of hydrogen-bond donors (Lipinski definition) is 3. The fourth-order valence-electron chi connectivity index (χ4n) is 1.61. The Morgan fingerprint density at radius 3 is 2.89 bits per heavy atom. The molecule has 2 aromatic rings. The Morgan fingerprint density at radius 1 is 1.39 bits per heavy atom. The van der Waals surface area contributed by atoms with E-state index in [1.807, 2.05) is 0 Å². The van der Waals surface area contributed by atoms with Gasteiger partial charge in [0, 0.05) is 18.7 Å². The normalized spacial score (nSPS) is 10.3. The van der Waals surface area contributed by atoms with E-state index in [2.05, 4.69) is 15.3 Å². The Labute approximate surface area is 103 Å². The monoisotopic (exact) mass is 248 g/mol. The number of rotatable bonds is 4. The van der Waals surface area contributed by atoms with E-state index in [0.717, 1.165) is 0 Å². The van der Waals surface area contributed by atoms with E-state index in [9.17, 15) is 9.18 Å². The van der Waals surface area contributed by atoms with Crippen LogP contribution in [0, 0.1) is 5.82 Å². The van der Waals surface area contributed by atoms with Crippen LogP contribution in [-0.4, -0.2) is 23.1 Å². The first-order valence-corrected chi connectivity index (χ1v) is 5.50. The molecule has 5 nitrogen and oxygen atoms in total. The van der Waals surface area contributed by atoms with Crippen molar-refractivity contribution in [2.45, 2.75) is 0 Å². The van der Waals surface area contributed by atoms with Crippen molar-refractivity contribution in [1.29, 1.82) is 0 Å². The standard InChI is InChI=1S/C12H13FN4O/c13-9-4-2-1-3-8(9)11-10(15-6-5-14)7-16-12(18)17-11/h1-4,7,15H,5-6,14H2,(H,16,17,18). The summed E-state index contributed by atoms with van der Waals surface area (Å²) in [6, 6.07) is 6.21. The number of hydrogen-bond acceptors (Lipinski definition) is 4. The number of aromatic amines is 1. The van der Waals surface area contributed by atoms with Gasteiger partial charge in [-0.15, -0.1) is 0 Å². The molecule has 1 heterocycles. The largest absolute Gasteiger partial charge is 0.381 e. The highest BCUT2D eigenvalue weighted by Crippen LogP contribution is 2.25. The third-order valence-electron chi connectivity index (χ3n) is 2.42. The van der Waals surface area contributed by atoms with Gasteiger partial charge in [0.2, 0.25) is 0 Å². The van der Waals surface area contributed by atoms with Crippen LogP contribution in [0.1, 0.15) is 0 Å². The summed E-state index contributed by atoms with van der Waals surface area (Å²) < 4.78 is 13.7. The molecule has 6 heteroatoms. The van der Waals surface area contributed by atoms with Gasteiger partial charge in [0.25, 0.3) is 0 Å². The highest BCUT2D eigenvalue weighted by Gasteiger charge is 2.10. The molecule has 1 aromatic carbocycles. The lowest BCUT2D eigenvalue weighted by Gasteiger charge is -2.10. The van der Waals surface area contributed by atoms with Gasteiger partial charge >= 0.3 is 5.69 Å². The van der Waals surface area contributed by atoms with Crippen molar-refractivity contribution < 1.29 is 4.39 Å². The van der Waals surface area contributed by atoms with Gasteiger partial charge in [-0.2, -0.15) is 4.98 Å². The average Bonchev–Trinajstić information content (AvgIpc) is 2.38. The summed E-state index contributed by atoms with van der Waals surface area (Å²) in [4.78, 5) is 17.4. The molecule has 18 heavy (non-hydrogen) atoms. The molecule has 4 N–H and O–H groups in total. The molecule has 0 aliphatic heterocycles. The number of anilines is 1. The van der Waals surface area contributed by atoms with Crippen LogP contribution in [0.15, 0.2) is 35.3 Å². The topological polar surface area (TPSA) is 83.8 Å². The zero-order valence-electron chi connectivity index (χ0n) is 9.61.